The fourth-order valence-electron chi connectivity index (χ4n) is 2.52. The molecule has 0 aliphatic heterocycles. The third kappa shape index (κ3) is 2.13. The van der Waals surface area contributed by atoms with Crippen LogP contribution in [0.3, 0.4) is 0 Å². The van der Waals surface area contributed by atoms with E-state index in [1.807, 2.05) is 6.20 Å². The number of benzene rings is 1. The van der Waals surface area contributed by atoms with E-state index in [0.717, 1.165) is 6.54 Å². The number of hydrogen-bond acceptors (Lipinski definition) is 4. The summed E-state index contributed by atoms with van der Waals surface area (Å²) in [6, 6.07) is 10.7. The summed E-state index contributed by atoms with van der Waals surface area (Å²) in [6.07, 6.45) is 5.59. The predicted octanol–water partition coefficient (Wildman–Crippen LogP) is 2.89. The lowest BCUT2D eigenvalue weighted by molar-refractivity contribution is 0.184. The molecule has 3 nitrogen and oxygen atoms in total. The summed E-state index contributed by atoms with van der Waals surface area (Å²) in [5.74, 6) is 0. The first kappa shape index (κ1) is 11.7. The van der Waals surface area contributed by atoms with Crippen molar-refractivity contribution >= 4 is 16.5 Å². The molecule has 2 aromatic rings. The number of anilines is 1. The van der Waals surface area contributed by atoms with Gasteiger partial charge in [-0.1, -0.05) is 30.3 Å². The third-order valence-corrected chi connectivity index (χ3v) is 4.53. The van der Waals surface area contributed by atoms with Gasteiger partial charge in [-0.15, -0.1) is 11.3 Å². The summed E-state index contributed by atoms with van der Waals surface area (Å²) >= 11 is 1.56. The Morgan fingerprint density at radius 2 is 2.06 bits per heavy atom. The quantitative estimate of drug-likeness (QED) is 0.887. The van der Waals surface area contributed by atoms with Gasteiger partial charge in [-0.3, -0.25) is 0 Å². The highest BCUT2D eigenvalue weighted by Crippen LogP contribution is 2.41. The van der Waals surface area contributed by atoms with Crippen molar-refractivity contribution in [2.24, 2.45) is 0 Å². The van der Waals surface area contributed by atoms with Crippen molar-refractivity contribution < 1.29 is 0 Å². The Balaban J connectivity index is 1.73. The fourth-order valence-corrected chi connectivity index (χ4v) is 3.14. The van der Waals surface area contributed by atoms with Gasteiger partial charge in [0.15, 0.2) is 5.13 Å². The minimum absolute atomic E-state index is 0.167. The second-order valence-corrected chi connectivity index (χ2v) is 5.97. The molecular formula is C14H17N3S. The first-order valence-corrected chi connectivity index (χ1v) is 7.11. The Labute approximate surface area is 111 Å². The van der Waals surface area contributed by atoms with E-state index in [4.69, 9.17) is 5.73 Å². The van der Waals surface area contributed by atoms with Crippen molar-refractivity contribution in [3.63, 3.8) is 0 Å². The van der Waals surface area contributed by atoms with Crippen molar-refractivity contribution in [2.45, 2.75) is 31.3 Å². The normalized spacial score (nSPS) is 17.3. The molecule has 94 valence electrons. The summed E-state index contributed by atoms with van der Waals surface area (Å²) in [4.78, 5) is 5.29. The van der Waals surface area contributed by atoms with E-state index in [0.29, 0.717) is 5.13 Å². The zero-order valence-corrected chi connectivity index (χ0v) is 11.0. The van der Waals surface area contributed by atoms with Crippen LogP contribution in [-0.2, 0) is 12.1 Å². The maximum absolute atomic E-state index is 5.66. The largest absolute Gasteiger partial charge is 0.375 e. The molecule has 1 aliphatic rings. The Morgan fingerprint density at radius 3 is 2.61 bits per heavy atom. The van der Waals surface area contributed by atoms with Gasteiger partial charge < -0.3 is 11.1 Å². The van der Waals surface area contributed by atoms with Crippen LogP contribution in [0.1, 0.15) is 29.7 Å². The van der Waals surface area contributed by atoms with Crippen molar-refractivity contribution in [3.8, 4) is 0 Å². The lowest BCUT2D eigenvalue weighted by Gasteiger charge is -2.43. The van der Waals surface area contributed by atoms with Crippen LogP contribution in [0.2, 0.25) is 0 Å². The highest BCUT2D eigenvalue weighted by atomic mass is 32.1. The van der Waals surface area contributed by atoms with Crippen LogP contribution in [0.4, 0.5) is 5.13 Å². The number of rotatable bonds is 4. The standard InChI is InChI=1S/C14H17N3S/c15-13-16-9-12(18-13)10-17-14(7-4-8-14)11-5-2-1-3-6-11/h1-3,5-6,9,17H,4,7-8,10H2,(H2,15,16). The van der Waals surface area contributed by atoms with Gasteiger partial charge in [0.25, 0.3) is 0 Å². The Kier molecular flexibility index (Phi) is 3.06. The van der Waals surface area contributed by atoms with E-state index in [9.17, 15) is 0 Å². The molecule has 4 heteroatoms. The highest BCUT2D eigenvalue weighted by Gasteiger charge is 2.37. The molecule has 1 fully saturated rings. The van der Waals surface area contributed by atoms with Crippen LogP contribution in [-0.4, -0.2) is 4.98 Å². The average Bonchev–Trinajstić information content (AvgIpc) is 2.75. The number of aromatic nitrogens is 1. The molecule has 1 aromatic heterocycles. The van der Waals surface area contributed by atoms with Gasteiger partial charge in [0.2, 0.25) is 0 Å². The van der Waals surface area contributed by atoms with E-state index in [1.54, 1.807) is 11.3 Å². The first-order chi connectivity index (χ1) is 8.78. The molecule has 0 bridgehead atoms. The molecule has 18 heavy (non-hydrogen) atoms. The van der Waals surface area contributed by atoms with Gasteiger partial charge in [0.1, 0.15) is 0 Å². The maximum atomic E-state index is 5.66. The minimum Gasteiger partial charge on any atom is -0.375 e. The SMILES string of the molecule is Nc1ncc(CNC2(c3ccccc3)CCC2)s1. The molecule has 0 radical (unpaired) electrons. The number of hydrogen-bond donors (Lipinski definition) is 2. The van der Waals surface area contributed by atoms with Crippen LogP contribution in [0.25, 0.3) is 0 Å². The van der Waals surface area contributed by atoms with Crippen LogP contribution in [0.5, 0.6) is 0 Å². The van der Waals surface area contributed by atoms with Crippen LogP contribution < -0.4 is 11.1 Å². The smallest absolute Gasteiger partial charge is 0.180 e. The van der Waals surface area contributed by atoms with Crippen molar-refractivity contribution in [1.82, 2.24) is 10.3 Å². The predicted molar refractivity (Wildman–Crippen MR) is 75.3 cm³/mol. The second kappa shape index (κ2) is 4.71. The summed E-state index contributed by atoms with van der Waals surface area (Å²) in [7, 11) is 0. The van der Waals surface area contributed by atoms with Gasteiger partial charge >= 0.3 is 0 Å². The minimum atomic E-state index is 0.167. The molecule has 3 rings (SSSR count). The van der Waals surface area contributed by atoms with E-state index in [1.165, 1.54) is 29.7 Å². The summed E-state index contributed by atoms with van der Waals surface area (Å²) in [5.41, 5.74) is 7.22. The highest BCUT2D eigenvalue weighted by molar-refractivity contribution is 7.15. The lowest BCUT2D eigenvalue weighted by atomic mass is 9.72. The lowest BCUT2D eigenvalue weighted by Crippen LogP contribution is -2.47. The zero-order valence-electron chi connectivity index (χ0n) is 10.2. The molecule has 1 aromatic carbocycles. The van der Waals surface area contributed by atoms with Gasteiger partial charge in [0.05, 0.1) is 0 Å². The molecule has 1 aliphatic carbocycles. The summed E-state index contributed by atoms with van der Waals surface area (Å²) in [6.45, 7) is 0.851. The molecule has 0 saturated heterocycles. The first-order valence-electron chi connectivity index (χ1n) is 6.29. The van der Waals surface area contributed by atoms with E-state index in [-0.39, 0.29) is 5.54 Å². The Bertz CT molecular complexity index is 517. The molecule has 3 N–H and O–H groups in total. The summed E-state index contributed by atoms with van der Waals surface area (Å²) in [5, 5.41) is 4.34. The van der Waals surface area contributed by atoms with Crippen molar-refractivity contribution in [1.29, 1.82) is 0 Å². The van der Waals surface area contributed by atoms with Gasteiger partial charge in [0, 0.05) is 23.2 Å². The summed E-state index contributed by atoms with van der Waals surface area (Å²) < 4.78 is 0. The van der Waals surface area contributed by atoms with E-state index < -0.39 is 0 Å². The molecule has 0 unspecified atom stereocenters. The number of nitrogens with two attached hydrogens (primary N) is 1. The van der Waals surface area contributed by atoms with E-state index in [2.05, 4.69) is 40.6 Å². The molecular weight excluding hydrogens is 242 g/mol. The Hall–Kier alpha value is -1.39. The zero-order chi connectivity index (χ0) is 12.4. The van der Waals surface area contributed by atoms with Crippen LogP contribution in [0.15, 0.2) is 36.5 Å². The number of nitrogens with one attached hydrogen (secondary N) is 1. The van der Waals surface area contributed by atoms with Crippen LogP contribution in [0, 0.1) is 0 Å². The molecule has 0 spiro atoms. The number of nitrogens with zero attached hydrogens (tertiary/aromatic N) is 1. The van der Waals surface area contributed by atoms with Crippen LogP contribution >= 0.6 is 11.3 Å². The molecule has 0 amide bonds. The Morgan fingerprint density at radius 1 is 1.28 bits per heavy atom. The topological polar surface area (TPSA) is 50.9 Å². The maximum Gasteiger partial charge on any atom is 0.180 e. The average molecular weight is 259 g/mol. The van der Waals surface area contributed by atoms with Gasteiger partial charge in [-0.25, -0.2) is 4.98 Å². The van der Waals surface area contributed by atoms with Crippen molar-refractivity contribution in [2.75, 3.05) is 5.73 Å². The number of nitrogen functional groups attached to an aromatic ring is 1. The monoisotopic (exact) mass is 259 g/mol. The molecule has 1 heterocycles. The number of thiazole rings is 1. The molecule has 0 atom stereocenters. The second-order valence-electron chi connectivity index (χ2n) is 4.82. The van der Waals surface area contributed by atoms with Crippen molar-refractivity contribution in [3.05, 3.63) is 47.0 Å². The fraction of sp³-hybridized carbons (Fsp3) is 0.357. The third-order valence-electron chi connectivity index (χ3n) is 3.71. The molecule has 1 saturated carbocycles. The van der Waals surface area contributed by atoms with E-state index >= 15 is 0 Å². The van der Waals surface area contributed by atoms with Gasteiger partial charge in [-0.2, -0.15) is 0 Å². The van der Waals surface area contributed by atoms with Gasteiger partial charge in [-0.05, 0) is 24.8 Å².